The van der Waals surface area contributed by atoms with Crippen LogP contribution >= 0.6 is 12.4 Å². The predicted molar refractivity (Wildman–Crippen MR) is 94.5 cm³/mol. The number of ether oxygens (including phenoxy) is 1. The van der Waals surface area contributed by atoms with Crippen molar-refractivity contribution in [1.82, 2.24) is 20.8 Å². The predicted octanol–water partition coefficient (Wildman–Crippen LogP) is 2.14. The summed E-state index contributed by atoms with van der Waals surface area (Å²) in [7, 11) is 0. The van der Waals surface area contributed by atoms with Crippen molar-refractivity contribution in [1.29, 1.82) is 0 Å². The first kappa shape index (κ1) is 19.2. The zero-order valence-electron chi connectivity index (χ0n) is 14.2. The van der Waals surface area contributed by atoms with Crippen molar-refractivity contribution in [3.63, 3.8) is 0 Å². The second kappa shape index (κ2) is 9.39. The largest absolute Gasteiger partial charge is 0.485 e. The summed E-state index contributed by atoms with van der Waals surface area (Å²) in [5, 5.41) is 10.0. The summed E-state index contributed by atoms with van der Waals surface area (Å²) in [6.07, 6.45) is 3.01. The van der Waals surface area contributed by atoms with Gasteiger partial charge in [0, 0.05) is 20.0 Å². The fraction of sp³-hybridized carbons (Fsp3) is 0.471. The molecular weight excluding hydrogens is 344 g/mol. The molecule has 0 saturated carbocycles. The van der Waals surface area contributed by atoms with Crippen molar-refractivity contribution in [3.05, 3.63) is 41.5 Å². The van der Waals surface area contributed by atoms with Gasteiger partial charge in [-0.2, -0.15) is 4.98 Å². The van der Waals surface area contributed by atoms with Gasteiger partial charge in [-0.15, -0.1) is 12.4 Å². The molecule has 1 aromatic carbocycles. The maximum atomic E-state index is 11.9. The molecule has 1 saturated heterocycles. The monoisotopic (exact) mass is 366 g/mol. The number of nitrogens with one attached hydrogen (secondary N) is 2. The second-order valence-electron chi connectivity index (χ2n) is 5.88. The number of carbonyl (C=O) groups excluding carboxylic acids is 1. The molecule has 0 radical (unpaired) electrons. The van der Waals surface area contributed by atoms with Gasteiger partial charge >= 0.3 is 0 Å². The number of carbonyl (C=O) groups is 1. The molecule has 136 valence electrons. The average Bonchev–Trinajstić information content (AvgIpc) is 2.90. The van der Waals surface area contributed by atoms with Crippen LogP contribution in [0.1, 0.15) is 36.5 Å². The van der Waals surface area contributed by atoms with Crippen molar-refractivity contribution in [2.24, 2.45) is 0 Å². The van der Waals surface area contributed by atoms with Crippen LogP contribution in [0.15, 0.2) is 28.8 Å². The lowest BCUT2D eigenvalue weighted by Crippen LogP contribution is -2.42. The second-order valence-corrected chi connectivity index (χ2v) is 5.88. The summed E-state index contributed by atoms with van der Waals surface area (Å²) in [6, 6.07) is 7.66. The molecule has 1 amide bonds. The standard InChI is InChI=1S/C17H22N4O3.ClH/c1-12-20-16(21-24-12)11-23-14-7-5-13(6-8-14)10-19-15-4-2-3-9-18-17(15)22;/h5-8,15,19H,2-4,9-11H2,1H3,(H,18,22);1H. The molecule has 1 aliphatic rings. The summed E-state index contributed by atoms with van der Waals surface area (Å²) in [6.45, 7) is 3.45. The minimum absolute atomic E-state index is 0. The number of hydrogen-bond donors (Lipinski definition) is 2. The van der Waals surface area contributed by atoms with Crippen molar-refractivity contribution >= 4 is 18.3 Å². The molecule has 1 aliphatic heterocycles. The number of nitrogens with zero attached hydrogens (tertiary/aromatic N) is 2. The van der Waals surface area contributed by atoms with Crippen LogP contribution in [0.5, 0.6) is 5.75 Å². The lowest BCUT2D eigenvalue weighted by molar-refractivity contribution is -0.122. The molecule has 2 aromatic rings. The van der Waals surface area contributed by atoms with Crippen molar-refractivity contribution < 1.29 is 14.1 Å². The minimum Gasteiger partial charge on any atom is -0.485 e. The summed E-state index contributed by atoms with van der Waals surface area (Å²) in [4.78, 5) is 16.0. The topological polar surface area (TPSA) is 89.3 Å². The molecule has 2 heterocycles. The first-order valence-corrected chi connectivity index (χ1v) is 8.23. The van der Waals surface area contributed by atoms with E-state index in [1.165, 1.54) is 0 Å². The molecule has 0 aliphatic carbocycles. The van der Waals surface area contributed by atoms with Crippen molar-refractivity contribution in [2.75, 3.05) is 6.54 Å². The van der Waals surface area contributed by atoms with Crippen LogP contribution in [-0.4, -0.2) is 28.6 Å². The van der Waals surface area contributed by atoms with E-state index in [9.17, 15) is 4.79 Å². The average molecular weight is 367 g/mol. The van der Waals surface area contributed by atoms with Gasteiger partial charge in [-0.05, 0) is 37.0 Å². The normalized spacial score (nSPS) is 17.3. The molecule has 1 fully saturated rings. The number of amides is 1. The molecule has 1 atom stereocenters. The third-order valence-corrected chi connectivity index (χ3v) is 3.95. The fourth-order valence-electron chi connectivity index (χ4n) is 2.63. The Morgan fingerprint density at radius 2 is 2.12 bits per heavy atom. The molecule has 8 heteroatoms. The van der Waals surface area contributed by atoms with Crippen LogP contribution in [0.2, 0.25) is 0 Å². The lowest BCUT2D eigenvalue weighted by Gasteiger charge is -2.15. The number of hydrogen-bond acceptors (Lipinski definition) is 6. The maximum Gasteiger partial charge on any atom is 0.237 e. The van der Waals surface area contributed by atoms with Gasteiger partial charge in [0.1, 0.15) is 5.75 Å². The van der Waals surface area contributed by atoms with Gasteiger partial charge in [0.15, 0.2) is 6.61 Å². The number of benzene rings is 1. The van der Waals surface area contributed by atoms with E-state index in [1.807, 2.05) is 24.3 Å². The quantitative estimate of drug-likeness (QED) is 0.814. The van der Waals surface area contributed by atoms with Gasteiger partial charge in [0.2, 0.25) is 17.6 Å². The minimum atomic E-state index is -0.107. The highest BCUT2D eigenvalue weighted by atomic mass is 35.5. The molecule has 7 nitrogen and oxygen atoms in total. The molecule has 1 aromatic heterocycles. The molecule has 0 bridgehead atoms. The third-order valence-electron chi connectivity index (χ3n) is 3.95. The highest BCUT2D eigenvalue weighted by Crippen LogP contribution is 2.14. The van der Waals surface area contributed by atoms with Crippen LogP contribution in [0.25, 0.3) is 0 Å². The fourth-order valence-corrected chi connectivity index (χ4v) is 2.63. The van der Waals surface area contributed by atoms with E-state index >= 15 is 0 Å². The van der Waals surface area contributed by atoms with Crippen molar-refractivity contribution in [3.8, 4) is 5.75 Å². The van der Waals surface area contributed by atoms with Gasteiger partial charge in [-0.3, -0.25) is 4.79 Å². The van der Waals surface area contributed by atoms with E-state index in [2.05, 4.69) is 20.8 Å². The molecule has 3 rings (SSSR count). The highest BCUT2D eigenvalue weighted by molar-refractivity contribution is 5.85. The summed E-state index contributed by atoms with van der Waals surface area (Å²) in [5.74, 6) is 1.89. The molecule has 0 spiro atoms. The van der Waals surface area contributed by atoms with Crippen LogP contribution in [0.3, 0.4) is 0 Å². The summed E-state index contributed by atoms with van der Waals surface area (Å²) < 4.78 is 10.5. The van der Waals surface area contributed by atoms with Crippen LogP contribution in [0.4, 0.5) is 0 Å². The Morgan fingerprint density at radius 3 is 2.84 bits per heavy atom. The van der Waals surface area contributed by atoms with Gasteiger partial charge in [-0.1, -0.05) is 17.3 Å². The van der Waals surface area contributed by atoms with Crippen molar-refractivity contribution in [2.45, 2.75) is 45.4 Å². The molecule has 2 N–H and O–H groups in total. The lowest BCUT2D eigenvalue weighted by atomic mass is 10.1. The zero-order chi connectivity index (χ0) is 16.8. The van der Waals surface area contributed by atoms with Gasteiger partial charge < -0.3 is 19.9 Å². The number of halogens is 1. The number of aryl methyl sites for hydroxylation is 1. The van der Waals surface area contributed by atoms with E-state index in [4.69, 9.17) is 9.26 Å². The Balaban J connectivity index is 0.00000225. The maximum absolute atomic E-state index is 11.9. The van der Waals surface area contributed by atoms with E-state index in [0.717, 1.165) is 37.1 Å². The smallest absolute Gasteiger partial charge is 0.237 e. The Hall–Kier alpha value is -2.12. The summed E-state index contributed by atoms with van der Waals surface area (Å²) in [5.41, 5.74) is 1.11. The molecular formula is C17H23ClN4O3. The number of aromatic nitrogens is 2. The molecule has 25 heavy (non-hydrogen) atoms. The van der Waals surface area contributed by atoms with Gasteiger partial charge in [0.05, 0.1) is 6.04 Å². The molecule has 1 unspecified atom stereocenters. The number of rotatable bonds is 6. The van der Waals surface area contributed by atoms with Gasteiger partial charge in [-0.25, -0.2) is 0 Å². The van der Waals surface area contributed by atoms with E-state index in [-0.39, 0.29) is 31.0 Å². The first-order chi connectivity index (χ1) is 11.7. The van der Waals surface area contributed by atoms with E-state index in [1.54, 1.807) is 6.92 Å². The van der Waals surface area contributed by atoms with Gasteiger partial charge in [0.25, 0.3) is 0 Å². The zero-order valence-corrected chi connectivity index (χ0v) is 15.0. The SMILES string of the molecule is Cc1nc(COc2ccc(CNC3CCCCNC3=O)cc2)no1.Cl. The van der Waals surface area contributed by atoms with Crippen LogP contribution in [0, 0.1) is 6.92 Å². The Bertz CT molecular complexity index is 675. The first-order valence-electron chi connectivity index (χ1n) is 8.23. The van der Waals surface area contributed by atoms with Crippen LogP contribution in [-0.2, 0) is 17.9 Å². The Labute approximate surface area is 152 Å². The third kappa shape index (κ3) is 5.72. The Morgan fingerprint density at radius 1 is 1.32 bits per heavy atom. The van der Waals surface area contributed by atoms with Crippen LogP contribution < -0.4 is 15.4 Å². The van der Waals surface area contributed by atoms with E-state index < -0.39 is 0 Å². The highest BCUT2D eigenvalue weighted by Gasteiger charge is 2.19. The summed E-state index contributed by atoms with van der Waals surface area (Å²) >= 11 is 0. The Kier molecular flexibility index (Phi) is 7.21. The van der Waals surface area contributed by atoms with E-state index in [0.29, 0.717) is 18.3 Å².